The van der Waals surface area contributed by atoms with Crippen molar-refractivity contribution < 1.29 is 4.74 Å². The molecule has 0 saturated carbocycles. The van der Waals surface area contributed by atoms with Crippen molar-refractivity contribution in [2.75, 3.05) is 7.11 Å². The standard InChI is InChI=1S/C13H8Cl4O/c1-18-10-3-7(2-8(14)4-10)13-11(16)5-9(15)6-12(13)17/h2-6H,1H3. The topological polar surface area (TPSA) is 9.23 Å². The lowest BCUT2D eigenvalue weighted by Crippen LogP contribution is -1.87. The Morgan fingerprint density at radius 2 is 1.33 bits per heavy atom. The van der Waals surface area contributed by atoms with E-state index in [0.717, 1.165) is 5.56 Å². The maximum Gasteiger partial charge on any atom is 0.120 e. The lowest BCUT2D eigenvalue weighted by atomic mass is 10.1. The number of hydrogen-bond donors (Lipinski definition) is 0. The highest BCUT2D eigenvalue weighted by molar-refractivity contribution is 6.42. The van der Waals surface area contributed by atoms with Gasteiger partial charge >= 0.3 is 0 Å². The summed E-state index contributed by atoms with van der Waals surface area (Å²) in [5.41, 5.74) is 1.47. The Bertz CT molecular complexity index is 573. The van der Waals surface area contributed by atoms with Crippen molar-refractivity contribution in [1.29, 1.82) is 0 Å². The first-order chi connectivity index (χ1) is 8.51. The molecule has 0 saturated heterocycles. The van der Waals surface area contributed by atoms with Gasteiger partial charge in [0.15, 0.2) is 0 Å². The van der Waals surface area contributed by atoms with Crippen LogP contribution >= 0.6 is 46.4 Å². The van der Waals surface area contributed by atoms with E-state index in [-0.39, 0.29) is 0 Å². The Morgan fingerprint density at radius 3 is 1.89 bits per heavy atom. The second kappa shape index (κ2) is 5.58. The van der Waals surface area contributed by atoms with Crippen LogP contribution in [0, 0.1) is 0 Å². The summed E-state index contributed by atoms with van der Waals surface area (Å²) in [6.07, 6.45) is 0. The van der Waals surface area contributed by atoms with E-state index in [9.17, 15) is 0 Å². The van der Waals surface area contributed by atoms with Crippen LogP contribution in [0.3, 0.4) is 0 Å². The molecule has 0 N–H and O–H groups in total. The van der Waals surface area contributed by atoms with Gasteiger partial charge in [-0.1, -0.05) is 46.4 Å². The molecule has 2 aromatic rings. The molecule has 0 atom stereocenters. The van der Waals surface area contributed by atoms with Crippen molar-refractivity contribution in [3.8, 4) is 16.9 Å². The van der Waals surface area contributed by atoms with Crippen molar-refractivity contribution in [2.24, 2.45) is 0 Å². The second-order valence-corrected chi connectivity index (χ2v) is 5.31. The summed E-state index contributed by atoms with van der Waals surface area (Å²) in [6.45, 7) is 0. The van der Waals surface area contributed by atoms with Gasteiger partial charge in [-0.15, -0.1) is 0 Å². The molecule has 0 aromatic heterocycles. The van der Waals surface area contributed by atoms with Gasteiger partial charge < -0.3 is 4.74 Å². The van der Waals surface area contributed by atoms with Crippen LogP contribution in [0.25, 0.3) is 11.1 Å². The van der Waals surface area contributed by atoms with E-state index in [1.807, 2.05) is 6.07 Å². The molecule has 94 valence electrons. The highest BCUT2D eigenvalue weighted by Gasteiger charge is 2.12. The van der Waals surface area contributed by atoms with E-state index >= 15 is 0 Å². The minimum absolute atomic E-state index is 0.469. The smallest absolute Gasteiger partial charge is 0.120 e. The molecule has 1 nitrogen and oxygen atoms in total. The first kappa shape index (κ1) is 13.8. The van der Waals surface area contributed by atoms with Crippen molar-refractivity contribution in [2.45, 2.75) is 0 Å². The Morgan fingerprint density at radius 1 is 0.778 bits per heavy atom. The molecule has 0 aliphatic rings. The van der Waals surface area contributed by atoms with Gasteiger partial charge in [0.25, 0.3) is 0 Å². The van der Waals surface area contributed by atoms with Gasteiger partial charge in [0.2, 0.25) is 0 Å². The largest absolute Gasteiger partial charge is 0.497 e. The van der Waals surface area contributed by atoms with Crippen LogP contribution in [-0.4, -0.2) is 7.11 Å². The fraction of sp³-hybridized carbons (Fsp3) is 0.0769. The quantitative estimate of drug-likeness (QED) is 0.661. The number of hydrogen-bond acceptors (Lipinski definition) is 1. The molecule has 0 amide bonds. The van der Waals surface area contributed by atoms with Gasteiger partial charge in [0, 0.05) is 15.6 Å². The average Bonchev–Trinajstić information content (AvgIpc) is 2.26. The van der Waals surface area contributed by atoms with Gasteiger partial charge in [-0.2, -0.15) is 0 Å². The molecule has 0 fully saturated rings. The number of benzene rings is 2. The third-order valence-corrected chi connectivity index (χ3v) is 3.44. The highest BCUT2D eigenvalue weighted by atomic mass is 35.5. The first-order valence-electron chi connectivity index (χ1n) is 5.01. The number of ether oxygens (including phenoxy) is 1. The average molecular weight is 322 g/mol. The van der Waals surface area contributed by atoms with Gasteiger partial charge in [-0.3, -0.25) is 0 Å². The van der Waals surface area contributed by atoms with Gasteiger partial charge in [0.1, 0.15) is 5.75 Å². The Hall–Kier alpha value is -0.600. The molecule has 2 aromatic carbocycles. The van der Waals surface area contributed by atoms with Gasteiger partial charge in [0.05, 0.1) is 17.2 Å². The van der Waals surface area contributed by atoms with E-state index < -0.39 is 0 Å². The molecule has 18 heavy (non-hydrogen) atoms. The molecule has 2 rings (SSSR count). The molecule has 0 aliphatic heterocycles. The van der Waals surface area contributed by atoms with E-state index in [0.29, 0.717) is 31.4 Å². The predicted molar refractivity (Wildman–Crippen MR) is 78.5 cm³/mol. The highest BCUT2D eigenvalue weighted by Crippen LogP contribution is 2.39. The van der Waals surface area contributed by atoms with Gasteiger partial charge in [-0.25, -0.2) is 0 Å². The van der Waals surface area contributed by atoms with Crippen LogP contribution in [0.1, 0.15) is 0 Å². The zero-order chi connectivity index (χ0) is 13.3. The summed E-state index contributed by atoms with van der Waals surface area (Å²) in [7, 11) is 1.57. The summed E-state index contributed by atoms with van der Waals surface area (Å²) in [4.78, 5) is 0. The van der Waals surface area contributed by atoms with E-state index in [1.54, 1.807) is 31.4 Å². The molecular formula is C13H8Cl4O. The Kier molecular flexibility index (Phi) is 4.29. The molecule has 0 radical (unpaired) electrons. The fourth-order valence-corrected chi connectivity index (χ4v) is 2.90. The van der Waals surface area contributed by atoms with Crippen molar-refractivity contribution in [1.82, 2.24) is 0 Å². The van der Waals surface area contributed by atoms with Crippen molar-refractivity contribution in [3.63, 3.8) is 0 Å². The summed E-state index contributed by atoms with van der Waals surface area (Å²) >= 11 is 24.2. The third kappa shape index (κ3) is 2.86. The van der Waals surface area contributed by atoms with Crippen LogP contribution < -0.4 is 4.74 Å². The third-order valence-electron chi connectivity index (χ3n) is 2.40. The number of methoxy groups -OCH3 is 1. The van der Waals surface area contributed by atoms with Crippen molar-refractivity contribution >= 4 is 46.4 Å². The van der Waals surface area contributed by atoms with E-state index in [1.165, 1.54) is 0 Å². The van der Waals surface area contributed by atoms with Crippen molar-refractivity contribution in [3.05, 3.63) is 50.4 Å². The monoisotopic (exact) mass is 320 g/mol. The zero-order valence-electron chi connectivity index (χ0n) is 9.31. The normalized spacial score (nSPS) is 10.5. The van der Waals surface area contributed by atoms with Crippen LogP contribution in [0.5, 0.6) is 5.75 Å². The second-order valence-electron chi connectivity index (χ2n) is 3.62. The summed E-state index contributed by atoms with van der Waals surface area (Å²) in [6, 6.07) is 8.57. The Balaban J connectivity index is 2.65. The minimum atomic E-state index is 0.469. The maximum absolute atomic E-state index is 6.16. The first-order valence-corrected chi connectivity index (χ1v) is 6.52. The van der Waals surface area contributed by atoms with Gasteiger partial charge in [-0.05, 0) is 35.9 Å². The van der Waals surface area contributed by atoms with Crippen LogP contribution in [-0.2, 0) is 0 Å². The summed E-state index contributed by atoms with van der Waals surface area (Å²) < 4.78 is 5.16. The summed E-state index contributed by atoms with van der Waals surface area (Å²) in [5, 5.41) is 1.97. The molecule has 5 heteroatoms. The molecule has 0 aliphatic carbocycles. The molecular weight excluding hydrogens is 314 g/mol. The number of halogens is 4. The fourth-order valence-electron chi connectivity index (χ4n) is 1.64. The maximum atomic E-state index is 6.16. The van der Waals surface area contributed by atoms with E-state index in [4.69, 9.17) is 51.1 Å². The summed E-state index contributed by atoms with van der Waals surface area (Å²) in [5.74, 6) is 0.639. The van der Waals surface area contributed by atoms with Crippen LogP contribution in [0.2, 0.25) is 20.1 Å². The lowest BCUT2D eigenvalue weighted by Gasteiger charge is -2.10. The Labute approximate surface area is 125 Å². The molecule has 0 heterocycles. The minimum Gasteiger partial charge on any atom is -0.497 e. The SMILES string of the molecule is COc1cc(Cl)cc(-c2c(Cl)cc(Cl)cc2Cl)c1. The zero-order valence-corrected chi connectivity index (χ0v) is 12.3. The lowest BCUT2D eigenvalue weighted by molar-refractivity contribution is 0.415. The molecule has 0 bridgehead atoms. The van der Waals surface area contributed by atoms with Crippen LogP contribution in [0.4, 0.5) is 0 Å². The van der Waals surface area contributed by atoms with E-state index in [2.05, 4.69) is 0 Å². The number of rotatable bonds is 2. The van der Waals surface area contributed by atoms with Crippen LogP contribution in [0.15, 0.2) is 30.3 Å². The predicted octanol–water partition coefficient (Wildman–Crippen LogP) is 5.98. The molecule has 0 unspecified atom stereocenters. The molecule has 0 spiro atoms.